The monoisotopic (exact) mass is 346 g/mol. The van der Waals surface area contributed by atoms with Crippen LogP contribution in [0, 0.1) is 36.0 Å². The third-order valence-corrected chi connectivity index (χ3v) is 2.91. The van der Waals surface area contributed by atoms with Crippen LogP contribution in [0.2, 0.25) is 0 Å². The molecule has 0 saturated heterocycles. The van der Waals surface area contributed by atoms with E-state index in [1.807, 2.05) is 6.92 Å². The molecule has 0 fully saturated rings. The molecule has 0 spiro atoms. The molecule has 0 aromatic heterocycles. The van der Waals surface area contributed by atoms with Crippen molar-refractivity contribution in [3.8, 4) is 5.75 Å². The minimum absolute atomic E-state index is 0.519. The van der Waals surface area contributed by atoms with E-state index in [0.717, 1.165) is 5.56 Å². The molecule has 2 N–H and O–H groups in total. The average Bonchev–Trinajstić information content (AvgIpc) is 2.57. The van der Waals surface area contributed by atoms with Crippen LogP contribution in [0.5, 0.6) is 5.75 Å². The van der Waals surface area contributed by atoms with Gasteiger partial charge in [0.2, 0.25) is 29.1 Å². The first kappa shape index (κ1) is 17.5. The second kappa shape index (κ2) is 7.16. The Bertz CT molecular complexity index is 736. The molecule has 0 bridgehead atoms. The first-order chi connectivity index (χ1) is 11.3. The number of nitrogens with one attached hydrogen (secondary N) is 2. The molecule has 24 heavy (non-hydrogen) atoms. The third-order valence-electron chi connectivity index (χ3n) is 2.91. The lowest BCUT2D eigenvalue weighted by atomic mass is 10.2. The largest absolute Gasteiger partial charge is 0.477 e. The molecule has 9 heteroatoms. The van der Waals surface area contributed by atoms with E-state index in [-0.39, 0.29) is 0 Å². The number of hydrazine groups is 1. The standard InChI is InChI=1S/C15H11F5N2O2/c1-7-2-4-8(5-3-7)21-22-9(23)6-24-15-13(19)11(17)10(16)12(18)14(15)20/h2-5,21H,6H2,1H3,(H,22,23). The second-order valence-electron chi connectivity index (χ2n) is 4.73. The summed E-state index contributed by atoms with van der Waals surface area (Å²) >= 11 is 0. The molecule has 0 unspecified atom stereocenters. The molecular formula is C15H11F5N2O2. The number of ether oxygens (including phenoxy) is 1. The molecular weight excluding hydrogens is 335 g/mol. The van der Waals surface area contributed by atoms with Gasteiger partial charge in [-0.1, -0.05) is 17.7 Å². The Hall–Kier alpha value is -2.84. The average molecular weight is 346 g/mol. The number of halogens is 5. The van der Waals surface area contributed by atoms with Crippen molar-refractivity contribution in [1.29, 1.82) is 0 Å². The minimum atomic E-state index is -2.30. The first-order valence-corrected chi connectivity index (χ1v) is 6.57. The van der Waals surface area contributed by atoms with Crippen LogP contribution in [0.1, 0.15) is 5.56 Å². The lowest BCUT2D eigenvalue weighted by Gasteiger charge is -2.11. The van der Waals surface area contributed by atoms with Crippen LogP contribution in [0.3, 0.4) is 0 Å². The van der Waals surface area contributed by atoms with Gasteiger partial charge < -0.3 is 4.74 Å². The highest BCUT2D eigenvalue weighted by molar-refractivity contribution is 5.78. The Balaban J connectivity index is 1.98. The summed E-state index contributed by atoms with van der Waals surface area (Å²) in [7, 11) is 0. The molecule has 0 aliphatic heterocycles. The molecule has 0 aliphatic carbocycles. The topological polar surface area (TPSA) is 50.4 Å². The van der Waals surface area contributed by atoms with Crippen molar-refractivity contribution in [3.05, 3.63) is 58.9 Å². The number of anilines is 1. The minimum Gasteiger partial charge on any atom is -0.477 e. The highest BCUT2D eigenvalue weighted by Crippen LogP contribution is 2.28. The zero-order chi connectivity index (χ0) is 17.9. The molecule has 2 aromatic rings. The summed E-state index contributed by atoms with van der Waals surface area (Å²) in [5.41, 5.74) is 6.15. The molecule has 2 aromatic carbocycles. The maximum Gasteiger partial charge on any atom is 0.276 e. The van der Waals surface area contributed by atoms with Crippen molar-refractivity contribution in [2.75, 3.05) is 12.0 Å². The van der Waals surface area contributed by atoms with Crippen molar-refractivity contribution >= 4 is 11.6 Å². The lowest BCUT2D eigenvalue weighted by molar-refractivity contribution is -0.122. The van der Waals surface area contributed by atoms with Gasteiger partial charge in [-0.15, -0.1) is 0 Å². The number of hydrogen-bond acceptors (Lipinski definition) is 3. The summed E-state index contributed by atoms with van der Waals surface area (Å²) in [4.78, 5) is 11.5. The van der Waals surface area contributed by atoms with Crippen LogP contribution in [-0.2, 0) is 4.79 Å². The van der Waals surface area contributed by atoms with Gasteiger partial charge in [-0.3, -0.25) is 15.6 Å². The van der Waals surface area contributed by atoms with E-state index in [4.69, 9.17) is 0 Å². The molecule has 0 heterocycles. The Kier molecular flexibility index (Phi) is 5.22. The van der Waals surface area contributed by atoms with E-state index >= 15 is 0 Å². The van der Waals surface area contributed by atoms with Crippen molar-refractivity contribution in [2.24, 2.45) is 0 Å². The Labute approximate surface area is 133 Å². The lowest BCUT2D eigenvalue weighted by Crippen LogP contribution is -2.33. The number of aryl methyl sites for hydroxylation is 1. The van der Waals surface area contributed by atoms with Crippen LogP contribution < -0.4 is 15.6 Å². The fourth-order valence-electron chi connectivity index (χ4n) is 1.66. The molecule has 0 atom stereocenters. The Morgan fingerprint density at radius 1 is 0.917 bits per heavy atom. The van der Waals surface area contributed by atoms with Crippen LogP contribution in [0.4, 0.5) is 27.6 Å². The smallest absolute Gasteiger partial charge is 0.276 e. The third kappa shape index (κ3) is 3.73. The van der Waals surface area contributed by atoms with Crippen LogP contribution in [0.15, 0.2) is 24.3 Å². The van der Waals surface area contributed by atoms with E-state index in [9.17, 15) is 26.7 Å². The van der Waals surface area contributed by atoms with Gasteiger partial charge in [0.05, 0.1) is 5.69 Å². The first-order valence-electron chi connectivity index (χ1n) is 6.57. The van der Waals surface area contributed by atoms with Crippen LogP contribution in [-0.4, -0.2) is 12.5 Å². The van der Waals surface area contributed by atoms with Gasteiger partial charge in [-0.05, 0) is 19.1 Å². The van der Waals surface area contributed by atoms with Crippen LogP contribution in [0.25, 0.3) is 0 Å². The molecule has 2 rings (SSSR count). The van der Waals surface area contributed by atoms with Crippen LogP contribution >= 0.6 is 0 Å². The van der Waals surface area contributed by atoms with E-state index in [1.165, 1.54) is 0 Å². The SMILES string of the molecule is Cc1ccc(NNC(=O)COc2c(F)c(F)c(F)c(F)c2F)cc1. The van der Waals surface area contributed by atoms with E-state index in [2.05, 4.69) is 15.6 Å². The normalized spacial score (nSPS) is 10.4. The van der Waals surface area contributed by atoms with Gasteiger partial charge in [-0.2, -0.15) is 8.78 Å². The molecule has 0 aliphatic rings. The van der Waals surface area contributed by atoms with Gasteiger partial charge in [0.1, 0.15) is 0 Å². The maximum atomic E-state index is 13.3. The number of carbonyl (C=O) groups excluding carboxylic acids is 1. The van der Waals surface area contributed by atoms with E-state index < -0.39 is 47.3 Å². The predicted molar refractivity (Wildman–Crippen MR) is 74.7 cm³/mol. The number of benzene rings is 2. The molecule has 0 radical (unpaired) electrons. The van der Waals surface area contributed by atoms with Gasteiger partial charge in [0.15, 0.2) is 12.4 Å². The van der Waals surface area contributed by atoms with E-state index in [0.29, 0.717) is 5.69 Å². The summed E-state index contributed by atoms with van der Waals surface area (Å²) in [5, 5.41) is 0. The highest BCUT2D eigenvalue weighted by Gasteiger charge is 2.27. The number of carbonyl (C=O) groups is 1. The summed E-state index contributed by atoms with van der Waals surface area (Å²) in [5.74, 6) is -13.3. The summed E-state index contributed by atoms with van der Waals surface area (Å²) in [6.45, 7) is 0.900. The van der Waals surface area contributed by atoms with E-state index in [1.54, 1.807) is 24.3 Å². The number of amides is 1. The maximum absolute atomic E-state index is 13.3. The zero-order valence-electron chi connectivity index (χ0n) is 12.2. The van der Waals surface area contributed by atoms with Gasteiger partial charge in [-0.25, -0.2) is 13.2 Å². The van der Waals surface area contributed by atoms with Crippen molar-refractivity contribution < 1.29 is 31.5 Å². The summed E-state index contributed by atoms with van der Waals surface area (Å²) in [6, 6.07) is 6.83. The molecule has 128 valence electrons. The number of hydrogen-bond donors (Lipinski definition) is 2. The quantitative estimate of drug-likeness (QED) is 0.378. The Morgan fingerprint density at radius 2 is 1.42 bits per heavy atom. The predicted octanol–water partition coefficient (Wildman–Crippen LogP) is 3.21. The Morgan fingerprint density at radius 3 is 1.96 bits per heavy atom. The highest BCUT2D eigenvalue weighted by atomic mass is 19.2. The fraction of sp³-hybridized carbons (Fsp3) is 0.133. The summed E-state index contributed by atoms with van der Waals surface area (Å²) in [6.07, 6.45) is 0. The molecule has 1 amide bonds. The van der Waals surface area contributed by atoms with Gasteiger partial charge in [0, 0.05) is 0 Å². The fourth-order valence-corrected chi connectivity index (χ4v) is 1.66. The van der Waals surface area contributed by atoms with Crippen molar-refractivity contribution in [1.82, 2.24) is 5.43 Å². The van der Waals surface area contributed by atoms with Crippen molar-refractivity contribution in [3.63, 3.8) is 0 Å². The second-order valence-corrected chi connectivity index (χ2v) is 4.73. The summed E-state index contributed by atoms with van der Waals surface area (Å²) < 4.78 is 69.9. The molecule has 0 saturated carbocycles. The zero-order valence-corrected chi connectivity index (χ0v) is 12.2. The number of rotatable bonds is 5. The van der Waals surface area contributed by atoms with Gasteiger partial charge >= 0.3 is 0 Å². The molecule has 4 nitrogen and oxygen atoms in total. The van der Waals surface area contributed by atoms with Crippen molar-refractivity contribution in [2.45, 2.75) is 6.92 Å². The van der Waals surface area contributed by atoms with Gasteiger partial charge in [0.25, 0.3) is 5.91 Å².